The molecule has 2 heterocycles. The van der Waals surface area contributed by atoms with Gasteiger partial charge < -0.3 is 32.8 Å². The van der Waals surface area contributed by atoms with Crippen LogP contribution in [-0.4, -0.2) is 45.7 Å². The van der Waals surface area contributed by atoms with Crippen molar-refractivity contribution < 1.29 is 32.8 Å². The van der Waals surface area contributed by atoms with Crippen molar-refractivity contribution in [1.29, 1.82) is 0 Å². The Balaban J connectivity index is 2.00. The van der Waals surface area contributed by atoms with Crippen molar-refractivity contribution in [3.8, 4) is 45.8 Å². The van der Waals surface area contributed by atoms with Crippen LogP contribution in [-0.2, 0) is 6.61 Å². The van der Waals surface area contributed by atoms with Crippen LogP contribution in [0.5, 0.6) is 34.5 Å². The van der Waals surface area contributed by atoms with E-state index >= 15 is 0 Å². The number of hydrogen-bond donors (Lipinski definition) is 1. The molecule has 0 aliphatic heterocycles. The number of hydrogen-bond acceptors (Lipinski definition) is 11. The van der Waals surface area contributed by atoms with Crippen molar-refractivity contribution in [2.45, 2.75) is 6.61 Å². The number of benzene rings is 2. The highest BCUT2D eigenvalue weighted by Crippen LogP contribution is 2.44. The lowest BCUT2D eigenvalue weighted by atomic mass is 10.1. The van der Waals surface area contributed by atoms with Crippen LogP contribution in [0.2, 0.25) is 0 Å². The molecule has 0 fully saturated rings. The summed E-state index contributed by atoms with van der Waals surface area (Å²) in [5, 5.41) is 7.55. The monoisotopic (exact) mass is 518 g/mol. The minimum atomic E-state index is -0.436. The predicted octanol–water partition coefficient (Wildman–Crippen LogP) is 4.60. The van der Waals surface area contributed by atoms with Gasteiger partial charge in [-0.05, 0) is 24.4 Å². The summed E-state index contributed by atoms with van der Waals surface area (Å²) in [6.07, 6.45) is 0. The highest BCUT2D eigenvalue weighted by Gasteiger charge is 2.24. The molecule has 0 bridgehead atoms. The highest BCUT2D eigenvalue weighted by molar-refractivity contribution is 7.73. The van der Waals surface area contributed by atoms with E-state index in [1.165, 1.54) is 46.9 Å². The summed E-state index contributed by atoms with van der Waals surface area (Å²) in [5.41, 5.74) is 0.274. The Morgan fingerprint density at radius 1 is 0.914 bits per heavy atom. The van der Waals surface area contributed by atoms with Gasteiger partial charge in [0.25, 0.3) is 0 Å². The van der Waals surface area contributed by atoms with Crippen LogP contribution in [0.15, 0.2) is 33.5 Å². The Kier molecular flexibility index (Phi) is 7.12. The lowest BCUT2D eigenvalue weighted by Crippen LogP contribution is -2.11. The normalized spacial score (nSPS) is 10.8. The number of methoxy groups -OCH3 is 5. The van der Waals surface area contributed by atoms with E-state index in [0.29, 0.717) is 37.5 Å². The van der Waals surface area contributed by atoms with Gasteiger partial charge >= 0.3 is 0 Å². The number of aromatic amines is 1. The first-order valence-electron chi connectivity index (χ1n) is 10.1. The van der Waals surface area contributed by atoms with Gasteiger partial charge in [0.2, 0.25) is 16.9 Å². The van der Waals surface area contributed by atoms with E-state index in [9.17, 15) is 4.79 Å². The van der Waals surface area contributed by atoms with Crippen LogP contribution in [0.1, 0.15) is 5.01 Å². The molecule has 2 aromatic carbocycles. The van der Waals surface area contributed by atoms with E-state index in [0.717, 1.165) is 0 Å². The van der Waals surface area contributed by atoms with Gasteiger partial charge in [0, 0.05) is 17.7 Å². The van der Waals surface area contributed by atoms with E-state index in [2.05, 4.69) is 10.2 Å². The molecule has 0 aliphatic rings. The van der Waals surface area contributed by atoms with Gasteiger partial charge in [0.15, 0.2) is 26.2 Å². The summed E-state index contributed by atoms with van der Waals surface area (Å²) < 4.78 is 39.8. The molecule has 184 valence electrons. The van der Waals surface area contributed by atoms with Gasteiger partial charge in [-0.1, -0.05) is 11.3 Å². The second-order valence-electron chi connectivity index (χ2n) is 7.00. The van der Waals surface area contributed by atoms with Crippen LogP contribution in [0.25, 0.3) is 22.3 Å². The fraction of sp³-hybridized carbons (Fsp3) is 0.261. The van der Waals surface area contributed by atoms with Crippen LogP contribution in [0, 0.1) is 3.95 Å². The molecular weight excluding hydrogens is 496 g/mol. The third kappa shape index (κ3) is 4.62. The Morgan fingerprint density at radius 2 is 1.60 bits per heavy atom. The van der Waals surface area contributed by atoms with Crippen molar-refractivity contribution in [2.75, 3.05) is 35.5 Å². The topological polar surface area (TPSA) is 114 Å². The fourth-order valence-electron chi connectivity index (χ4n) is 3.51. The molecule has 2 aromatic heterocycles. The summed E-state index contributed by atoms with van der Waals surface area (Å²) >= 11 is 6.33. The smallest absolute Gasteiger partial charge is 0.239 e. The summed E-state index contributed by atoms with van der Waals surface area (Å²) in [5.74, 6) is 1.99. The van der Waals surface area contributed by atoms with Gasteiger partial charge in [0.1, 0.15) is 29.1 Å². The molecule has 10 nitrogen and oxygen atoms in total. The van der Waals surface area contributed by atoms with Crippen LogP contribution < -0.4 is 33.8 Å². The zero-order valence-corrected chi connectivity index (χ0v) is 21.2. The SMILES string of the molecule is COc1cc(OC)c2c(=O)c(OCc3n[nH]c(=S)s3)c(-c3cc(OC)c(OC)c(OC)c3)oc2c1. The van der Waals surface area contributed by atoms with Crippen LogP contribution >= 0.6 is 23.6 Å². The second kappa shape index (κ2) is 10.2. The Labute approximate surface area is 208 Å². The maximum atomic E-state index is 13.7. The van der Waals surface area contributed by atoms with E-state index in [1.807, 2.05) is 0 Å². The first-order valence-corrected chi connectivity index (χ1v) is 11.4. The molecule has 1 N–H and O–H groups in total. The third-order valence-corrected chi connectivity index (χ3v) is 6.16. The highest BCUT2D eigenvalue weighted by atomic mass is 32.1. The molecule has 0 unspecified atom stereocenters. The minimum absolute atomic E-state index is 0.00995. The van der Waals surface area contributed by atoms with Gasteiger partial charge in [0.05, 0.1) is 35.5 Å². The number of aromatic nitrogens is 2. The number of rotatable bonds is 9. The molecule has 12 heteroatoms. The quantitative estimate of drug-likeness (QED) is 0.315. The lowest BCUT2D eigenvalue weighted by Gasteiger charge is -2.16. The van der Waals surface area contributed by atoms with Crippen LogP contribution in [0.3, 0.4) is 0 Å². The molecule has 0 amide bonds. The summed E-state index contributed by atoms with van der Waals surface area (Å²) in [4.78, 5) is 13.7. The van der Waals surface area contributed by atoms with E-state index < -0.39 is 5.43 Å². The molecule has 0 spiro atoms. The van der Waals surface area contributed by atoms with E-state index in [1.54, 1.807) is 24.3 Å². The van der Waals surface area contributed by atoms with Crippen molar-refractivity contribution in [3.05, 3.63) is 43.5 Å². The second-order valence-corrected chi connectivity index (χ2v) is 8.75. The first kappa shape index (κ1) is 24.4. The molecular formula is C23H22N2O8S2. The van der Waals surface area contributed by atoms with Gasteiger partial charge in [-0.15, -0.1) is 0 Å². The lowest BCUT2D eigenvalue weighted by molar-refractivity contribution is 0.295. The Hall–Kier alpha value is -3.77. The molecule has 4 rings (SSSR count). The number of fused-ring (bicyclic) bond motifs is 1. The van der Waals surface area contributed by atoms with Gasteiger partial charge in [-0.3, -0.25) is 9.89 Å². The molecule has 0 saturated heterocycles. The standard InChI is InChI=1S/C23H22N2O8S2/c1-27-12-8-13(28-2)18-14(9-12)33-20(11-6-15(29-3)21(31-5)16(7-11)30-4)22(19(18)26)32-10-17-24-25-23(34)35-17/h6-9H,10H2,1-5H3,(H,25,34). The largest absolute Gasteiger partial charge is 0.496 e. The zero-order chi connectivity index (χ0) is 25.1. The maximum absolute atomic E-state index is 13.7. The summed E-state index contributed by atoms with van der Waals surface area (Å²) in [7, 11) is 7.46. The van der Waals surface area contributed by atoms with Crippen molar-refractivity contribution >= 4 is 34.5 Å². The number of nitrogens with one attached hydrogen (secondary N) is 1. The van der Waals surface area contributed by atoms with E-state index in [-0.39, 0.29) is 34.8 Å². The molecule has 35 heavy (non-hydrogen) atoms. The van der Waals surface area contributed by atoms with Crippen molar-refractivity contribution in [2.24, 2.45) is 0 Å². The van der Waals surface area contributed by atoms with Crippen LogP contribution in [0.4, 0.5) is 0 Å². The number of nitrogens with zero attached hydrogens (tertiary/aromatic N) is 1. The predicted molar refractivity (Wildman–Crippen MR) is 132 cm³/mol. The van der Waals surface area contributed by atoms with Crippen molar-refractivity contribution in [3.63, 3.8) is 0 Å². The van der Waals surface area contributed by atoms with Gasteiger partial charge in [-0.2, -0.15) is 5.10 Å². The first-order chi connectivity index (χ1) is 16.9. The average Bonchev–Trinajstić information content (AvgIpc) is 3.30. The summed E-state index contributed by atoms with van der Waals surface area (Å²) in [6, 6.07) is 6.52. The summed E-state index contributed by atoms with van der Waals surface area (Å²) in [6.45, 7) is -0.00995. The molecule has 0 aliphatic carbocycles. The zero-order valence-electron chi connectivity index (χ0n) is 19.5. The third-order valence-electron chi connectivity index (χ3n) is 5.10. The molecule has 0 atom stereocenters. The number of ether oxygens (including phenoxy) is 6. The van der Waals surface area contributed by atoms with Crippen molar-refractivity contribution in [1.82, 2.24) is 10.2 Å². The molecule has 0 saturated carbocycles. The minimum Gasteiger partial charge on any atom is -0.496 e. The Morgan fingerprint density at radius 3 is 2.14 bits per heavy atom. The van der Waals surface area contributed by atoms with E-state index in [4.69, 9.17) is 45.1 Å². The average molecular weight is 519 g/mol. The number of H-pyrrole nitrogens is 1. The Bertz CT molecular complexity index is 1470. The fourth-order valence-corrected chi connectivity index (χ4v) is 4.36. The van der Waals surface area contributed by atoms with Gasteiger partial charge in [-0.25, -0.2) is 0 Å². The molecule has 0 radical (unpaired) electrons. The molecule has 4 aromatic rings. The maximum Gasteiger partial charge on any atom is 0.239 e.